The number of nitrogens with zero attached hydrogens (tertiary/aromatic N) is 2. The van der Waals surface area contributed by atoms with E-state index in [4.69, 9.17) is 4.74 Å². The summed E-state index contributed by atoms with van der Waals surface area (Å²) in [5.74, 6) is 1.07. The van der Waals surface area contributed by atoms with Crippen LogP contribution >= 0.6 is 8.58 Å². The molecule has 0 spiro atoms. The molecule has 2 atom stereocenters. The highest BCUT2D eigenvalue weighted by Gasteiger charge is 2.29. The third-order valence-electron chi connectivity index (χ3n) is 5.68. The first-order valence-electron chi connectivity index (χ1n) is 9.86. The lowest BCUT2D eigenvalue weighted by molar-refractivity contribution is -0.123. The Morgan fingerprint density at radius 2 is 2.18 bits per heavy atom. The van der Waals surface area contributed by atoms with Gasteiger partial charge in [0, 0.05) is 25.4 Å². The zero-order valence-corrected chi connectivity index (χ0v) is 17.7. The number of allylic oxidation sites excluding steroid dienone is 2. The summed E-state index contributed by atoms with van der Waals surface area (Å²) in [6.45, 7) is 7.41. The average Bonchev–Trinajstić information content (AvgIpc) is 2.73. The van der Waals surface area contributed by atoms with Crippen LogP contribution in [0, 0.1) is 6.92 Å². The molecule has 0 radical (unpaired) electrons. The summed E-state index contributed by atoms with van der Waals surface area (Å²) in [5.41, 5.74) is 4.74. The molecule has 4 nitrogen and oxygen atoms in total. The van der Waals surface area contributed by atoms with Crippen LogP contribution in [0.4, 0.5) is 0 Å². The number of hydrogen-bond donors (Lipinski definition) is 0. The van der Waals surface area contributed by atoms with Crippen LogP contribution in [0.15, 0.2) is 59.8 Å². The van der Waals surface area contributed by atoms with Gasteiger partial charge >= 0.3 is 0 Å². The van der Waals surface area contributed by atoms with E-state index in [1.54, 1.807) is 13.2 Å². The number of carbonyl (C=O) groups is 1. The van der Waals surface area contributed by atoms with Gasteiger partial charge in [-0.05, 0) is 59.6 Å². The van der Waals surface area contributed by atoms with Crippen LogP contribution in [0.5, 0.6) is 5.75 Å². The van der Waals surface area contributed by atoms with Crippen molar-refractivity contribution in [2.24, 2.45) is 0 Å². The number of fused-ring (bicyclic) bond motifs is 1. The van der Waals surface area contributed by atoms with E-state index in [-0.39, 0.29) is 11.7 Å². The standard InChI is InChI=1S/C23H27N2O2P/c1-4-24-11-9-17(10-12-24)19-6-8-23-25(15-19)22(26)14-21(28-23)18-5-7-20(27-3)16(2)13-18/h5-9,13-15,23,28H,4,10-12H2,1-3H3. The van der Waals surface area contributed by atoms with Crippen molar-refractivity contribution in [1.29, 1.82) is 0 Å². The monoisotopic (exact) mass is 394 g/mol. The minimum atomic E-state index is 0.0701. The van der Waals surface area contributed by atoms with Crippen LogP contribution in [-0.2, 0) is 4.79 Å². The Hall–Kier alpha value is -2.16. The fraction of sp³-hybridized carbons (Fsp3) is 0.348. The lowest BCUT2D eigenvalue weighted by Gasteiger charge is -2.35. The number of methoxy groups -OCH3 is 1. The fourth-order valence-corrected chi connectivity index (χ4v) is 5.32. The van der Waals surface area contributed by atoms with Crippen LogP contribution in [-0.4, -0.2) is 48.2 Å². The Morgan fingerprint density at radius 1 is 1.32 bits per heavy atom. The van der Waals surface area contributed by atoms with Gasteiger partial charge in [-0.25, -0.2) is 0 Å². The normalized spacial score (nSPS) is 23.2. The average molecular weight is 394 g/mol. The van der Waals surface area contributed by atoms with Gasteiger partial charge in [0.2, 0.25) is 0 Å². The second-order valence-corrected chi connectivity index (χ2v) is 8.81. The molecule has 0 aliphatic carbocycles. The topological polar surface area (TPSA) is 32.8 Å². The molecule has 28 heavy (non-hydrogen) atoms. The van der Waals surface area contributed by atoms with Gasteiger partial charge in [0.15, 0.2) is 0 Å². The van der Waals surface area contributed by atoms with Gasteiger partial charge in [-0.2, -0.15) is 0 Å². The van der Waals surface area contributed by atoms with E-state index in [9.17, 15) is 4.79 Å². The van der Waals surface area contributed by atoms with Gasteiger partial charge in [0.05, 0.1) is 12.9 Å². The largest absolute Gasteiger partial charge is 0.496 e. The Bertz CT molecular complexity index is 913. The number of ether oxygens (including phenoxy) is 1. The number of likely N-dealkylation sites (N-methyl/N-ethyl adjacent to an activating group) is 1. The molecule has 0 N–H and O–H groups in total. The van der Waals surface area contributed by atoms with E-state index in [1.807, 2.05) is 24.0 Å². The Morgan fingerprint density at radius 3 is 2.86 bits per heavy atom. The maximum absolute atomic E-state index is 12.9. The quantitative estimate of drug-likeness (QED) is 0.714. The van der Waals surface area contributed by atoms with Crippen LogP contribution in [0.25, 0.3) is 5.31 Å². The van der Waals surface area contributed by atoms with Gasteiger partial charge in [0.25, 0.3) is 5.91 Å². The Kier molecular flexibility index (Phi) is 5.52. The van der Waals surface area contributed by atoms with Crippen LogP contribution in [0.3, 0.4) is 0 Å². The Balaban J connectivity index is 1.55. The molecule has 1 amide bonds. The van der Waals surface area contributed by atoms with Crippen molar-refractivity contribution >= 4 is 19.8 Å². The molecule has 2 unspecified atom stereocenters. The van der Waals surface area contributed by atoms with Crippen molar-refractivity contribution in [1.82, 2.24) is 9.80 Å². The van der Waals surface area contributed by atoms with Crippen molar-refractivity contribution in [2.45, 2.75) is 26.1 Å². The van der Waals surface area contributed by atoms with E-state index < -0.39 is 0 Å². The molecule has 0 saturated carbocycles. The molecule has 1 aromatic rings. The molecule has 0 aromatic heterocycles. The summed E-state index contributed by atoms with van der Waals surface area (Å²) in [7, 11) is 2.22. The van der Waals surface area contributed by atoms with Crippen molar-refractivity contribution in [3.8, 4) is 5.75 Å². The van der Waals surface area contributed by atoms with Crippen LogP contribution in [0.2, 0.25) is 0 Å². The Labute approximate surface area is 169 Å². The predicted molar refractivity (Wildman–Crippen MR) is 117 cm³/mol. The third-order valence-corrected chi connectivity index (χ3v) is 7.19. The summed E-state index contributed by atoms with van der Waals surface area (Å²) in [6.07, 6.45) is 11.6. The lowest BCUT2D eigenvalue weighted by atomic mass is 9.98. The maximum Gasteiger partial charge on any atom is 0.252 e. The highest BCUT2D eigenvalue weighted by molar-refractivity contribution is 7.51. The zero-order valence-electron chi connectivity index (χ0n) is 16.7. The first-order chi connectivity index (χ1) is 13.6. The number of amides is 1. The predicted octanol–water partition coefficient (Wildman–Crippen LogP) is 4.30. The summed E-state index contributed by atoms with van der Waals surface area (Å²) in [5, 5.41) is 1.12. The SMILES string of the molecule is CCN1CC=C(C2=CN3C(=O)C=C(c4ccc(OC)c(C)c4)PC3C=C2)CC1. The summed E-state index contributed by atoms with van der Waals surface area (Å²) in [6, 6.07) is 6.14. The van der Waals surface area contributed by atoms with Crippen LogP contribution in [0.1, 0.15) is 24.5 Å². The van der Waals surface area contributed by atoms with Crippen molar-refractivity contribution in [3.63, 3.8) is 0 Å². The van der Waals surface area contributed by atoms with Crippen molar-refractivity contribution in [2.75, 3.05) is 26.7 Å². The maximum atomic E-state index is 12.9. The van der Waals surface area contributed by atoms with E-state index in [0.29, 0.717) is 8.58 Å². The summed E-state index contributed by atoms with van der Waals surface area (Å²) >= 11 is 0. The van der Waals surface area contributed by atoms with E-state index in [2.05, 4.69) is 42.3 Å². The highest BCUT2D eigenvalue weighted by atomic mass is 31.1. The lowest BCUT2D eigenvalue weighted by Crippen LogP contribution is -2.36. The summed E-state index contributed by atoms with van der Waals surface area (Å²) in [4.78, 5) is 17.2. The molecule has 0 fully saturated rings. The molecule has 4 rings (SSSR count). The number of hydrogen-bond acceptors (Lipinski definition) is 3. The smallest absolute Gasteiger partial charge is 0.252 e. The first-order valence-corrected chi connectivity index (χ1v) is 10.9. The van der Waals surface area contributed by atoms with Crippen LogP contribution < -0.4 is 4.74 Å². The molecular formula is C23H27N2O2P. The van der Waals surface area contributed by atoms with E-state index >= 15 is 0 Å². The van der Waals surface area contributed by atoms with Gasteiger partial charge in [0.1, 0.15) is 5.75 Å². The van der Waals surface area contributed by atoms with Gasteiger partial charge < -0.3 is 9.64 Å². The summed E-state index contributed by atoms with van der Waals surface area (Å²) < 4.78 is 5.36. The van der Waals surface area contributed by atoms with Gasteiger partial charge in [-0.1, -0.05) is 39.8 Å². The van der Waals surface area contributed by atoms with E-state index in [0.717, 1.165) is 48.2 Å². The molecule has 5 heteroatoms. The molecule has 3 aliphatic heterocycles. The number of aryl methyl sites for hydroxylation is 1. The molecule has 0 bridgehead atoms. The first kappa shape index (κ1) is 19.2. The minimum absolute atomic E-state index is 0.0701. The van der Waals surface area contributed by atoms with Gasteiger partial charge in [-0.3, -0.25) is 9.69 Å². The highest BCUT2D eigenvalue weighted by Crippen LogP contribution is 2.45. The zero-order chi connectivity index (χ0) is 19.7. The molecule has 3 heterocycles. The second kappa shape index (κ2) is 8.06. The molecule has 146 valence electrons. The number of rotatable bonds is 4. The van der Waals surface area contributed by atoms with Gasteiger partial charge in [-0.15, -0.1) is 0 Å². The van der Waals surface area contributed by atoms with E-state index in [1.165, 1.54) is 11.1 Å². The van der Waals surface area contributed by atoms with Crippen molar-refractivity contribution < 1.29 is 9.53 Å². The fourth-order valence-electron chi connectivity index (χ4n) is 3.94. The molecule has 0 saturated heterocycles. The second-order valence-electron chi connectivity index (χ2n) is 7.39. The molecule has 1 aromatic carbocycles. The minimum Gasteiger partial charge on any atom is -0.496 e. The van der Waals surface area contributed by atoms with Crippen molar-refractivity contribution in [3.05, 3.63) is 71.0 Å². The number of benzene rings is 1. The third kappa shape index (κ3) is 3.72. The molecular weight excluding hydrogens is 367 g/mol. The molecule has 3 aliphatic rings. The number of carbonyl (C=O) groups excluding carboxylic acids is 1.